The summed E-state index contributed by atoms with van der Waals surface area (Å²) in [6.07, 6.45) is 2.00. The number of carboxylic acid groups (broad SMARTS) is 2. The lowest BCUT2D eigenvalue weighted by molar-refractivity contribution is -0.192. The van der Waals surface area contributed by atoms with E-state index in [4.69, 9.17) is 9.90 Å². The van der Waals surface area contributed by atoms with Crippen molar-refractivity contribution in [1.29, 1.82) is 0 Å². The Morgan fingerprint density at radius 1 is 1.17 bits per heavy atom. The van der Waals surface area contributed by atoms with E-state index in [1.807, 2.05) is 0 Å². The largest absolute Gasteiger partial charge is 0.490 e. The van der Waals surface area contributed by atoms with Crippen molar-refractivity contribution in [3.05, 3.63) is 0 Å². The summed E-state index contributed by atoms with van der Waals surface area (Å²) in [5, 5.41) is 20.0. The van der Waals surface area contributed by atoms with E-state index in [1.54, 1.807) is 0 Å². The van der Waals surface area contributed by atoms with Crippen LogP contribution in [0.4, 0.5) is 13.2 Å². The minimum Gasteiger partial charge on any atom is -0.481 e. The van der Waals surface area contributed by atoms with Crippen LogP contribution in [0.2, 0.25) is 0 Å². The lowest BCUT2D eigenvalue weighted by atomic mass is 9.77. The summed E-state index contributed by atoms with van der Waals surface area (Å²) in [7, 11) is 0. The van der Waals surface area contributed by atoms with Gasteiger partial charge in [-0.1, -0.05) is 6.42 Å². The molecule has 9 heteroatoms. The lowest BCUT2D eigenvalue weighted by Gasteiger charge is -2.31. The van der Waals surface area contributed by atoms with Crippen molar-refractivity contribution >= 4 is 24.6 Å². The number of aliphatic carboxylic acids is 2. The third kappa shape index (κ3) is 5.84. The van der Waals surface area contributed by atoms with Gasteiger partial charge in [0.25, 0.3) is 0 Å². The molecule has 0 spiro atoms. The zero-order valence-electron chi connectivity index (χ0n) is 13.3. The monoisotopic (exact) mass is 371 g/mol. The van der Waals surface area contributed by atoms with Crippen molar-refractivity contribution in [3.8, 4) is 0 Å². The van der Waals surface area contributed by atoms with Crippen molar-refractivity contribution in [2.45, 2.75) is 56.4 Å². The van der Waals surface area contributed by atoms with E-state index in [-0.39, 0.29) is 5.25 Å². The molecule has 0 bridgehead atoms. The zero-order chi connectivity index (χ0) is 18.4. The highest BCUT2D eigenvalue weighted by molar-refractivity contribution is 7.81. The van der Waals surface area contributed by atoms with Gasteiger partial charge in [0, 0.05) is 5.25 Å². The van der Waals surface area contributed by atoms with Crippen LogP contribution in [0.1, 0.15) is 44.9 Å². The van der Waals surface area contributed by atoms with Crippen LogP contribution in [0.3, 0.4) is 0 Å². The molecule has 0 aromatic heterocycles. The van der Waals surface area contributed by atoms with E-state index in [9.17, 15) is 23.1 Å². The Labute approximate surface area is 144 Å². The van der Waals surface area contributed by atoms with E-state index in [0.29, 0.717) is 5.92 Å². The van der Waals surface area contributed by atoms with Crippen molar-refractivity contribution in [2.75, 3.05) is 13.1 Å². The Hall–Kier alpha value is -0.960. The van der Waals surface area contributed by atoms with Crippen molar-refractivity contribution < 1.29 is 33.0 Å². The molecule has 0 aromatic rings. The van der Waals surface area contributed by atoms with E-state index in [2.05, 4.69) is 17.9 Å². The quantitative estimate of drug-likeness (QED) is 0.571. The highest BCUT2D eigenvalue weighted by Gasteiger charge is 2.47. The fourth-order valence-corrected chi connectivity index (χ4v) is 3.89. The van der Waals surface area contributed by atoms with Gasteiger partial charge in [0.15, 0.2) is 0 Å². The molecule has 3 N–H and O–H groups in total. The van der Waals surface area contributed by atoms with Crippen LogP contribution in [-0.2, 0) is 9.59 Å². The molecular formula is C15H24F3NO4S. The van der Waals surface area contributed by atoms with E-state index < -0.39 is 23.5 Å². The first kappa shape index (κ1) is 21.1. The zero-order valence-corrected chi connectivity index (χ0v) is 14.2. The number of piperidine rings is 1. The van der Waals surface area contributed by atoms with Gasteiger partial charge < -0.3 is 15.5 Å². The van der Waals surface area contributed by atoms with Gasteiger partial charge >= 0.3 is 18.1 Å². The van der Waals surface area contributed by atoms with Gasteiger partial charge in [0.05, 0.1) is 5.41 Å². The molecule has 0 radical (unpaired) electrons. The first-order chi connectivity index (χ1) is 11.1. The molecule has 1 aliphatic heterocycles. The van der Waals surface area contributed by atoms with E-state index in [1.165, 1.54) is 12.8 Å². The smallest absolute Gasteiger partial charge is 0.481 e. The fraction of sp³-hybridized carbons (Fsp3) is 0.867. The normalized spacial score (nSPS) is 28.1. The van der Waals surface area contributed by atoms with Crippen LogP contribution in [-0.4, -0.2) is 46.7 Å². The second-order valence-corrected chi connectivity index (χ2v) is 7.03. The van der Waals surface area contributed by atoms with Gasteiger partial charge in [-0.15, -0.1) is 0 Å². The van der Waals surface area contributed by atoms with Crippen LogP contribution >= 0.6 is 12.6 Å². The number of nitrogens with one attached hydrogen (secondary N) is 1. The maximum Gasteiger partial charge on any atom is 0.490 e. The van der Waals surface area contributed by atoms with Crippen molar-refractivity contribution in [2.24, 2.45) is 11.3 Å². The van der Waals surface area contributed by atoms with Crippen LogP contribution in [0.25, 0.3) is 0 Å². The van der Waals surface area contributed by atoms with Crippen LogP contribution in [0.5, 0.6) is 0 Å². The number of halogens is 3. The lowest BCUT2D eigenvalue weighted by Crippen LogP contribution is -2.37. The molecule has 24 heavy (non-hydrogen) atoms. The molecule has 2 aliphatic rings. The van der Waals surface area contributed by atoms with E-state index >= 15 is 0 Å². The number of thiol groups is 1. The van der Waals surface area contributed by atoms with Gasteiger partial charge in [-0.25, -0.2) is 4.79 Å². The van der Waals surface area contributed by atoms with Crippen LogP contribution < -0.4 is 5.32 Å². The second-order valence-electron chi connectivity index (χ2n) is 6.40. The molecular weight excluding hydrogens is 347 g/mol. The highest BCUT2D eigenvalue weighted by Crippen LogP contribution is 2.46. The fourth-order valence-electron chi connectivity index (χ4n) is 3.33. The number of alkyl halides is 3. The van der Waals surface area contributed by atoms with Crippen molar-refractivity contribution in [1.82, 2.24) is 5.32 Å². The Kier molecular flexibility index (Phi) is 7.85. The summed E-state index contributed by atoms with van der Waals surface area (Å²) in [6, 6.07) is 0. The molecule has 2 unspecified atom stereocenters. The predicted octanol–water partition coefficient (Wildman–Crippen LogP) is 2.95. The molecule has 0 amide bonds. The Bertz CT molecular complexity index is 441. The maximum absolute atomic E-state index is 11.5. The van der Waals surface area contributed by atoms with Gasteiger partial charge in [-0.2, -0.15) is 25.8 Å². The Balaban J connectivity index is 0.000000351. The number of hydrogen-bond acceptors (Lipinski definition) is 4. The molecule has 1 heterocycles. The van der Waals surface area contributed by atoms with E-state index in [0.717, 1.165) is 45.2 Å². The first-order valence-electron chi connectivity index (χ1n) is 8.02. The second kappa shape index (κ2) is 8.94. The third-order valence-electron chi connectivity index (χ3n) is 4.86. The molecule has 5 nitrogen and oxygen atoms in total. The Morgan fingerprint density at radius 3 is 2.08 bits per heavy atom. The summed E-state index contributed by atoms with van der Waals surface area (Å²) in [5.41, 5.74) is -0.534. The molecule has 2 fully saturated rings. The predicted molar refractivity (Wildman–Crippen MR) is 85.2 cm³/mol. The standard InChI is InChI=1S/C13H23NO2S.C2HF3O2/c15-12(16)13(6-1-2-11(13)17)7-3-10-4-8-14-9-5-10;3-2(4,5)1(6)7/h10-11,14,17H,1-9H2,(H,15,16);(H,6,7). The minimum absolute atomic E-state index is 0.0571. The summed E-state index contributed by atoms with van der Waals surface area (Å²) in [6.45, 7) is 2.18. The topological polar surface area (TPSA) is 86.6 Å². The average Bonchev–Trinajstić information content (AvgIpc) is 2.88. The van der Waals surface area contributed by atoms with Gasteiger partial charge in [0.1, 0.15) is 0 Å². The average molecular weight is 371 g/mol. The Morgan fingerprint density at radius 2 is 1.71 bits per heavy atom. The summed E-state index contributed by atoms with van der Waals surface area (Å²) >= 11 is 4.52. The summed E-state index contributed by atoms with van der Waals surface area (Å²) in [5.74, 6) is -2.66. The third-order valence-corrected chi connectivity index (χ3v) is 5.62. The number of rotatable bonds is 4. The molecule has 0 aromatic carbocycles. The highest BCUT2D eigenvalue weighted by atomic mass is 32.1. The molecule has 2 rings (SSSR count). The van der Waals surface area contributed by atoms with Crippen LogP contribution in [0.15, 0.2) is 0 Å². The van der Waals surface area contributed by atoms with Crippen molar-refractivity contribution in [3.63, 3.8) is 0 Å². The van der Waals surface area contributed by atoms with Gasteiger partial charge in [-0.3, -0.25) is 4.79 Å². The number of carbonyl (C=O) groups is 2. The molecule has 1 saturated heterocycles. The van der Waals surface area contributed by atoms with Gasteiger partial charge in [-0.05, 0) is 57.5 Å². The first-order valence-corrected chi connectivity index (χ1v) is 8.53. The van der Waals surface area contributed by atoms with Crippen LogP contribution in [0, 0.1) is 11.3 Å². The number of carboxylic acids is 2. The summed E-state index contributed by atoms with van der Waals surface area (Å²) < 4.78 is 31.7. The SMILES string of the molecule is O=C(O)C(F)(F)F.O=C(O)C1(CCC2CCNCC2)CCCC1S. The maximum atomic E-state index is 11.5. The number of hydrogen-bond donors (Lipinski definition) is 4. The molecule has 1 aliphatic carbocycles. The van der Waals surface area contributed by atoms with Gasteiger partial charge in [0.2, 0.25) is 0 Å². The minimum atomic E-state index is -5.08. The molecule has 140 valence electrons. The molecule has 1 saturated carbocycles. The molecule has 2 atom stereocenters. The summed E-state index contributed by atoms with van der Waals surface area (Å²) in [4.78, 5) is 20.4.